The van der Waals surface area contributed by atoms with Crippen LogP contribution in [0.3, 0.4) is 0 Å². The second-order valence-electron chi connectivity index (χ2n) is 10.6. The number of benzene rings is 1. The van der Waals surface area contributed by atoms with Gasteiger partial charge in [-0.15, -0.1) is 10.2 Å². The molecular formula is C26H29FN6O5. The molecule has 1 aliphatic heterocycles. The summed E-state index contributed by atoms with van der Waals surface area (Å²) in [5.41, 5.74) is 1.61. The van der Waals surface area contributed by atoms with Crippen LogP contribution in [0.25, 0.3) is 17.1 Å². The van der Waals surface area contributed by atoms with Crippen molar-refractivity contribution in [3.63, 3.8) is 0 Å². The highest BCUT2D eigenvalue weighted by Gasteiger charge is 2.40. The highest BCUT2D eigenvalue weighted by Crippen LogP contribution is 2.39. The fourth-order valence-corrected chi connectivity index (χ4v) is 5.17. The molecule has 3 aromatic heterocycles. The van der Waals surface area contributed by atoms with E-state index >= 15 is 0 Å². The monoisotopic (exact) mass is 524 g/mol. The van der Waals surface area contributed by atoms with Gasteiger partial charge in [-0.3, -0.25) is 4.79 Å². The van der Waals surface area contributed by atoms with Gasteiger partial charge in [0.05, 0.1) is 25.4 Å². The van der Waals surface area contributed by atoms with E-state index in [0.29, 0.717) is 41.9 Å². The van der Waals surface area contributed by atoms with Crippen molar-refractivity contribution < 1.29 is 23.4 Å². The Balaban J connectivity index is 1.45. The van der Waals surface area contributed by atoms with E-state index < -0.39 is 11.9 Å². The van der Waals surface area contributed by atoms with Crippen molar-refractivity contribution in [1.29, 1.82) is 0 Å². The maximum absolute atomic E-state index is 14.1. The van der Waals surface area contributed by atoms with Crippen molar-refractivity contribution in [2.45, 2.75) is 52.0 Å². The highest BCUT2D eigenvalue weighted by atomic mass is 19.1. The van der Waals surface area contributed by atoms with Gasteiger partial charge < -0.3 is 24.1 Å². The Hall–Kier alpha value is -4.22. The van der Waals surface area contributed by atoms with Gasteiger partial charge >= 0.3 is 6.09 Å². The number of halogens is 1. The third-order valence-corrected chi connectivity index (χ3v) is 7.07. The number of amides is 1. The van der Waals surface area contributed by atoms with Gasteiger partial charge in [-0.25, -0.2) is 13.7 Å². The summed E-state index contributed by atoms with van der Waals surface area (Å²) in [4.78, 5) is 28.8. The number of carboxylic acid groups (broad SMARTS) is 1. The predicted molar refractivity (Wildman–Crippen MR) is 135 cm³/mol. The maximum atomic E-state index is 14.1. The van der Waals surface area contributed by atoms with Crippen LogP contribution in [-0.4, -0.2) is 60.6 Å². The number of aromatic amines is 1. The summed E-state index contributed by atoms with van der Waals surface area (Å²) in [7, 11) is 1.40. The predicted octanol–water partition coefficient (Wildman–Crippen LogP) is 4.08. The standard InChI is InChI=1S/C26H29FN6O5/c1-26(2,3)20-11-15(7-8-32(20)25(35)36)18-12-21(34)29-23-16(13-28-33(18)23)24-31-30-22(38-24)10-14-5-6-19(37-4)17(27)9-14/h5-6,9,12-13,15,20H,7-8,10-11H2,1-4H3,(H,29,34)(H,35,36). The van der Waals surface area contributed by atoms with Gasteiger partial charge in [0.2, 0.25) is 5.89 Å². The molecule has 1 amide bonds. The second kappa shape index (κ2) is 9.58. The smallest absolute Gasteiger partial charge is 0.407 e. The topological polar surface area (TPSA) is 139 Å². The Morgan fingerprint density at radius 3 is 2.76 bits per heavy atom. The first-order chi connectivity index (χ1) is 18.0. The summed E-state index contributed by atoms with van der Waals surface area (Å²) in [6, 6.07) is 5.89. The van der Waals surface area contributed by atoms with E-state index in [1.807, 2.05) is 20.8 Å². The molecule has 1 fully saturated rings. The van der Waals surface area contributed by atoms with Gasteiger partial charge in [-0.2, -0.15) is 5.10 Å². The minimum atomic E-state index is -0.939. The normalized spacial score (nSPS) is 18.2. The van der Waals surface area contributed by atoms with Crippen LogP contribution in [0.2, 0.25) is 0 Å². The third-order valence-electron chi connectivity index (χ3n) is 7.07. The molecule has 5 rings (SSSR count). The summed E-state index contributed by atoms with van der Waals surface area (Å²) in [5.74, 6) is 0.0333. The Labute approximate surface area is 217 Å². The number of nitrogens with zero attached hydrogens (tertiary/aromatic N) is 5. The van der Waals surface area contributed by atoms with Crippen molar-refractivity contribution in [1.82, 2.24) is 29.7 Å². The number of fused-ring (bicyclic) bond motifs is 1. The number of likely N-dealkylation sites (tertiary alicyclic amines) is 1. The van der Waals surface area contributed by atoms with E-state index in [9.17, 15) is 19.1 Å². The molecular weight excluding hydrogens is 495 g/mol. The van der Waals surface area contributed by atoms with Crippen LogP contribution in [0.4, 0.5) is 9.18 Å². The molecule has 4 heterocycles. The first-order valence-electron chi connectivity index (χ1n) is 12.3. The number of hydrogen-bond acceptors (Lipinski definition) is 7. The lowest BCUT2D eigenvalue weighted by Gasteiger charge is -2.44. The summed E-state index contributed by atoms with van der Waals surface area (Å²) in [5, 5.41) is 22.4. The molecule has 38 heavy (non-hydrogen) atoms. The number of rotatable bonds is 5. The molecule has 4 aromatic rings. The average molecular weight is 525 g/mol. The summed E-state index contributed by atoms with van der Waals surface area (Å²) < 4.78 is 26.5. The van der Waals surface area contributed by atoms with Crippen LogP contribution in [0, 0.1) is 11.2 Å². The lowest BCUT2D eigenvalue weighted by atomic mass is 9.76. The Kier molecular flexibility index (Phi) is 6.41. The number of aromatic nitrogens is 5. The molecule has 2 atom stereocenters. The number of H-pyrrole nitrogens is 1. The van der Waals surface area contributed by atoms with Crippen LogP contribution in [0.1, 0.15) is 56.7 Å². The summed E-state index contributed by atoms with van der Waals surface area (Å²) >= 11 is 0. The van der Waals surface area contributed by atoms with Gasteiger partial charge in [-0.05, 0) is 36.0 Å². The molecule has 0 aliphatic carbocycles. The van der Waals surface area contributed by atoms with Crippen molar-refractivity contribution in [3.05, 3.63) is 63.8 Å². The fraction of sp³-hybridized carbons (Fsp3) is 0.423. The van der Waals surface area contributed by atoms with Crippen LogP contribution in [0.5, 0.6) is 5.75 Å². The Bertz CT molecular complexity index is 1550. The SMILES string of the molecule is COc1ccc(Cc2nnc(-c3cnn4c(C5CCN(C(=O)O)C(C(C)(C)C)C5)cc(=O)[nH]c34)o2)cc1F. The largest absolute Gasteiger partial charge is 0.494 e. The Morgan fingerprint density at radius 2 is 2.08 bits per heavy atom. The zero-order valence-corrected chi connectivity index (χ0v) is 21.6. The van der Waals surface area contributed by atoms with E-state index in [4.69, 9.17) is 9.15 Å². The molecule has 2 unspecified atom stereocenters. The minimum absolute atomic E-state index is 0.0735. The number of carbonyl (C=O) groups is 1. The van der Waals surface area contributed by atoms with E-state index in [0.717, 1.165) is 0 Å². The van der Waals surface area contributed by atoms with E-state index in [1.165, 1.54) is 30.2 Å². The molecule has 0 saturated carbocycles. The second-order valence-corrected chi connectivity index (χ2v) is 10.6. The first-order valence-corrected chi connectivity index (χ1v) is 12.3. The van der Waals surface area contributed by atoms with Crippen molar-refractivity contribution in [2.24, 2.45) is 5.41 Å². The average Bonchev–Trinajstić information content (AvgIpc) is 3.49. The number of nitrogens with one attached hydrogen (secondary N) is 1. The van der Waals surface area contributed by atoms with Crippen LogP contribution in [0.15, 0.2) is 39.7 Å². The zero-order chi connectivity index (χ0) is 27.2. The zero-order valence-electron chi connectivity index (χ0n) is 21.6. The quantitative estimate of drug-likeness (QED) is 0.398. The lowest BCUT2D eigenvalue weighted by molar-refractivity contribution is 0.0518. The number of ether oxygens (including phenoxy) is 1. The molecule has 1 saturated heterocycles. The van der Waals surface area contributed by atoms with E-state index in [2.05, 4.69) is 20.3 Å². The molecule has 2 N–H and O–H groups in total. The summed E-state index contributed by atoms with van der Waals surface area (Å²) in [6.07, 6.45) is 1.95. The number of methoxy groups -OCH3 is 1. The van der Waals surface area contributed by atoms with Gasteiger partial charge in [0.25, 0.3) is 11.4 Å². The number of hydrogen-bond donors (Lipinski definition) is 2. The molecule has 1 aliphatic rings. The van der Waals surface area contributed by atoms with Gasteiger partial charge in [0.15, 0.2) is 11.6 Å². The van der Waals surface area contributed by atoms with E-state index in [-0.39, 0.29) is 46.9 Å². The van der Waals surface area contributed by atoms with Crippen LogP contribution in [-0.2, 0) is 6.42 Å². The van der Waals surface area contributed by atoms with Gasteiger partial charge in [-0.1, -0.05) is 26.8 Å². The fourth-order valence-electron chi connectivity index (χ4n) is 5.17. The third kappa shape index (κ3) is 4.73. The van der Waals surface area contributed by atoms with Gasteiger partial charge in [0, 0.05) is 24.6 Å². The molecule has 200 valence electrons. The molecule has 1 aromatic carbocycles. The first kappa shape index (κ1) is 25.4. The van der Waals surface area contributed by atoms with Crippen molar-refractivity contribution in [2.75, 3.05) is 13.7 Å². The minimum Gasteiger partial charge on any atom is -0.494 e. The molecule has 0 bridgehead atoms. The molecule has 0 spiro atoms. The van der Waals surface area contributed by atoms with Crippen LogP contribution < -0.4 is 10.3 Å². The summed E-state index contributed by atoms with van der Waals surface area (Å²) in [6.45, 7) is 6.41. The molecule has 12 heteroatoms. The van der Waals surface area contributed by atoms with Crippen LogP contribution >= 0.6 is 0 Å². The Morgan fingerprint density at radius 1 is 1.29 bits per heavy atom. The lowest BCUT2D eigenvalue weighted by Crippen LogP contribution is -2.51. The number of piperidine rings is 1. The van der Waals surface area contributed by atoms with Gasteiger partial charge in [0.1, 0.15) is 11.2 Å². The molecule has 0 radical (unpaired) electrons. The van der Waals surface area contributed by atoms with Crippen molar-refractivity contribution in [3.8, 4) is 17.2 Å². The highest BCUT2D eigenvalue weighted by molar-refractivity contribution is 5.71. The van der Waals surface area contributed by atoms with E-state index in [1.54, 1.807) is 16.8 Å². The van der Waals surface area contributed by atoms with Crippen molar-refractivity contribution >= 4 is 11.7 Å². The maximum Gasteiger partial charge on any atom is 0.407 e. The molecule has 11 nitrogen and oxygen atoms in total.